The number of nitrogens with zero attached hydrogens (tertiary/aromatic N) is 4. The summed E-state index contributed by atoms with van der Waals surface area (Å²) in [5.74, 6) is -1.12. The fourth-order valence-electron chi connectivity index (χ4n) is 3.40. The van der Waals surface area contributed by atoms with Gasteiger partial charge in [0.2, 0.25) is 0 Å². The smallest absolute Gasteiger partial charge is 0.308 e. The summed E-state index contributed by atoms with van der Waals surface area (Å²) in [6.45, 7) is 1.15. The highest BCUT2D eigenvalue weighted by atomic mass is 16.4. The first kappa shape index (κ1) is 14.7. The molecular formula is C18H18N4O2. The van der Waals surface area contributed by atoms with Gasteiger partial charge >= 0.3 is 5.97 Å². The molecule has 1 aromatic carbocycles. The summed E-state index contributed by atoms with van der Waals surface area (Å²) in [6.07, 6.45) is 4.23. The lowest BCUT2D eigenvalue weighted by Crippen LogP contribution is -2.38. The predicted octanol–water partition coefficient (Wildman–Crippen LogP) is 2.23. The van der Waals surface area contributed by atoms with Gasteiger partial charge in [-0.2, -0.15) is 5.10 Å². The molecule has 4 rings (SSSR count). The fourth-order valence-corrected chi connectivity index (χ4v) is 3.40. The molecule has 1 atom stereocenters. The predicted molar refractivity (Wildman–Crippen MR) is 90.8 cm³/mol. The summed E-state index contributed by atoms with van der Waals surface area (Å²) in [5.41, 5.74) is 4.10. The second-order valence-corrected chi connectivity index (χ2v) is 6.27. The van der Waals surface area contributed by atoms with Crippen LogP contribution in [-0.4, -0.2) is 32.4 Å². The molecule has 1 aliphatic rings. The summed E-state index contributed by atoms with van der Waals surface area (Å²) >= 11 is 0. The topological polar surface area (TPSA) is 71.2 Å². The Balaban J connectivity index is 1.67. The van der Waals surface area contributed by atoms with Gasteiger partial charge in [0.1, 0.15) is 0 Å². The van der Waals surface area contributed by atoms with Crippen LogP contribution in [0.2, 0.25) is 0 Å². The van der Waals surface area contributed by atoms with Crippen molar-refractivity contribution < 1.29 is 9.90 Å². The van der Waals surface area contributed by atoms with Gasteiger partial charge in [0.05, 0.1) is 12.1 Å². The van der Waals surface area contributed by atoms with E-state index in [-0.39, 0.29) is 5.92 Å². The molecule has 3 heterocycles. The average Bonchev–Trinajstić information content (AvgIpc) is 2.95. The number of aliphatic carboxylic acids is 1. The Kier molecular flexibility index (Phi) is 3.45. The molecule has 122 valence electrons. The molecule has 0 radical (unpaired) electrons. The van der Waals surface area contributed by atoms with Crippen molar-refractivity contribution in [2.75, 3.05) is 11.4 Å². The Morgan fingerprint density at radius 1 is 1.33 bits per heavy atom. The molecule has 0 amide bonds. The second kappa shape index (κ2) is 5.63. The minimum atomic E-state index is -0.740. The van der Waals surface area contributed by atoms with Crippen LogP contribution in [0.3, 0.4) is 0 Å². The van der Waals surface area contributed by atoms with Crippen molar-refractivity contribution in [2.24, 2.45) is 13.0 Å². The van der Waals surface area contributed by atoms with Crippen LogP contribution in [0, 0.1) is 5.92 Å². The molecule has 0 saturated carbocycles. The second-order valence-electron chi connectivity index (χ2n) is 6.27. The highest BCUT2D eigenvalue weighted by molar-refractivity contribution is 5.76. The number of hydrogen-bond acceptors (Lipinski definition) is 4. The van der Waals surface area contributed by atoms with Crippen LogP contribution >= 0.6 is 0 Å². The largest absolute Gasteiger partial charge is 0.481 e. The van der Waals surface area contributed by atoms with Crippen molar-refractivity contribution in [1.82, 2.24) is 14.8 Å². The molecule has 24 heavy (non-hydrogen) atoms. The van der Waals surface area contributed by atoms with Gasteiger partial charge in [-0.15, -0.1) is 0 Å². The van der Waals surface area contributed by atoms with Crippen LogP contribution in [0.4, 0.5) is 5.69 Å². The van der Waals surface area contributed by atoms with E-state index < -0.39 is 5.97 Å². The van der Waals surface area contributed by atoms with Gasteiger partial charge in [0.25, 0.3) is 0 Å². The number of anilines is 1. The molecule has 1 N–H and O–H groups in total. The highest BCUT2D eigenvalue weighted by Crippen LogP contribution is 2.31. The molecule has 2 aromatic heterocycles. The van der Waals surface area contributed by atoms with Crippen molar-refractivity contribution in [2.45, 2.75) is 13.0 Å². The molecule has 6 nitrogen and oxygen atoms in total. The summed E-state index contributed by atoms with van der Waals surface area (Å²) in [6, 6.07) is 10.1. The number of carboxylic acids is 1. The lowest BCUT2D eigenvalue weighted by atomic mass is 9.92. The molecule has 0 spiro atoms. The Labute approximate surface area is 139 Å². The lowest BCUT2D eigenvalue weighted by molar-refractivity contribution is -0.141. The summed E-state index contributed by atoms with van der Waals surface area (Å²) in [7, 11) is 1.87. The maximum atomic E-state index is 11.5. The van der Waals surface area contributed by atoms with Crippen LogP contribution < -0.4 is 4.90 Å². The monoisotopic (exact) mass is 322 g/mol. The van der Waals surface area contributed by atoms with Crippen LogP contribution in [0.25, 0.3) is 11.0 Å². The molecule has 0 fully saturated rings. The number of benzene rings is 1. The SMILES string of the molecule is Cn1ncc2cc(CN3CC(C(=O)O)Cc4ccccc43)cnc21. The van der Waals surface area contributed by atoms with Gasteiger partial charge in [-0.05, 0) is 29.7 Å². The van der Waals surface area contributed by atoms with E-state index >= 15 is 0 Å². The number of aromatic nitrogens is 3. The van der Waals surface area contributed by atoms with Gasteiger partial charge in [0, 0.05) is 37.4 Å². The molecule has 0 saturated heterocycles. The van der Waals surface area contributed by atoms with E-state index in [1.807, 2.05) is 31.4 Å². The van der Waals surface area contributed by atoms with E-state index in [1.165, 1.54) is 0 Å². The fraction of sp³-hybridized carbons (Fsp3) is 0.278. The number of rotatable bonds is 3. The van der Waals surface area contributed by atoms with Crippen LogP contribution in [0.15, 0.2) is 42.7 Å². The molecule has 0 bridgehead atoms. The van der Waals surface area contributed by atoms with E-state index in [4.69, 9.17) is 0 Å². The molecule has 0 aliphatic carbocycles. The molecule has 1 unspecified atom stereocenters. The number of pyridine rings is 1. The van der Waals surface area contributed by atoms with E-state index in [1.54, 1.807) is 10.9 Å². The first-order valence-corrected chi connectivity index (χ1v) is 7.94. The van der Waals surface area contributed by atoms with Gasteiger partial charge in [-0.3, -0.25) is 9.48 Å². The molecule has 6 heteroatoms. The minimum absolute atomic E-state index is 0.380. The van der Waals surface area contributed by atoms with E-state index in [0.29, 0.717) is 19.5 Å². The number of aryl methyl sites for hydroxylation is 1. The van der Waals surface area contributed by atoms with Gasteiger partial charge in [-0.1, -0.05) is 18.2 Å². The first-order chi connectivity index (χ1) is 11.6. The summed E-state index contributed by atoms with van der Waals surface area (Å²) in [4.78, 5) is 18.1. The van der Waals surface area contributed by atoms with Crippen LogP contribution in [-0.2, 0) is 24.8 Å². The zero-order chi connectivity index (χ0) is 16.7. The maximum absolute atomic E-state index is 11.5. The van der Waals surface area contributed by atoms with Crippen molar-refractivity contribution in [1.29, 1.82) is 0 Å². The summed E-state index contributed by atoms with van der Waals surface area (Å²) < 4.78 is 1.75. The van der Waals surface area contributed by atoms with E-state index in [9.17, 15) is 9.90 Å². The van der Waals surface area contributed by atoms with Crippen LogP contribution in [0.5, 0.6) is 0 Å². The molecule has 3 aromatic rings. The van der Waals surface area contributed by atoms with Crippen molar-refractivity contribution >= 4 is 22.7 Å². The maximum Gasteiger partial charge on any atom is 0.308 e. The van der Waals surface area contributed by atoms with Gasteiger partial charge in [-0.25, -0.2) is 4.98 Å². The van der Waals surface area contributed by atoms with Crippen LogP contribution in [0.1, 0.15) is 11.1 Å². The van der Waals surface area contributed by atoms with Gasteiger partial charge < -0.3 is 10.0 Å². The number of para-hydroxylation sites is 1. The van der Waals surface area contributed by atoms with E-state index in [0.717, 1.165) is 27.8 Å². The van der Waals surface area contributed by atoms with E-state index in [2.05, 4.69) is 27.1 Å². The number of fused-ring (bicyclic) bond motifs is 2. The third kappa shape index (κ3) is 2.50. The normalized spacial score (nSPS) is 17.0. The lowest BCUT2D eigenvalue weighted by Gasteiger charge is -2.34. The number of carboxylic acid groups (broad SMARTS) is 1. The highest BCUT2D eigenvalue weighted by Gasteiger charge is 2.28. The Morgan fingerprint density at radius 2 is 2.17 bits per heavy atom. The minimum Gasteiger partial charge on any atom is -0.481 e. The molecule has 1 aliphatic heterocycles. The zero-order valence-corrected chi connectivity index (χ0v) is 13.4. The van der Waals surface area contributed by atoms with Crippen molar-refractivity contribution in [3.05, 3.63) is 53.9 Å². The molecular weight excluding hydrogens is 304 g/mol. The third-order valence-corrected chi connectivity index (χ3v) is 4.59. The third-order valence-electron chi connectivity index (χ3n) is 4.59. The zero-order valence-electron chi connectivity index (χ0n) is 13.4. The average molecular weight is 322 g/mol. The number of hydrogen-bond donors (Lipinski definition) is 1. The van der Waals surface area contributed by atoms with Crippen molar-refractivity contribution in [3.8, 4) is 0 Å². The quantitative estimate of drug-likeness (QED) is 0.800. The van der Waals surface area contributed by atoms with Gasteiger partial charge in [0.15, 0.2) is 5.65 Å². The Morgan fingerprint density at radius 3 is 3.00 bits per heavy atom. The first-order valence-electron chi connectivity index (χ1n) is 7.94. The Hall–Kier alpha value is -2.89. The Bertz CT molecular complexity index is 918. The van der Waals surface area contributed by atoms with Crippen molar-refractivity contribution in [3.63, 3.8) is 0 Å². The standard InChI is InChI=1S/C18H18N4O2/c1-21-17-14(9-20-21)6-12(8-19-17)10-22-11-15(18(23)24)7-13-4-2-3-5-16(13)22/h2-6,8-9,15H,7,10-11H2,1H3,(H,23,24). The summed E-state index contributed by atoms with van der Waals surface area (Å²) in [5, 5.41) is 14.7. The number of carbonyl (C=O) groups is 1.